The molecule has 4 heteroatoms. The zero-order valence-electron chi connectivity index (χ0n) is 15.0. The van der Waals surface area contributed by atoms with Gasteiger partial charge < -0.3 is 14.2 Å². The molecule has 0 aromatic heterocycles. The fourth-order valence-corrected chi connectivity index (χ4v) is 2.21. The molecule has 22 heavy (non-hydrogen) atoms. The Balaban J connectivity index is 3.47. The van der Waals surface area contributed by atoms with Gasteiger partial charge in [-0.25, -0.2) is 0 Å². The van der Waals surface area contributed by atoms with E-state index in [1.165, 1.54) is 0 Å². The zero-order valence-corrected chi connectivity index (χ0v) is 16.0. The Morgan fingerprint density at radius 2 is 1.27 bits per heavy atom. The quantitative estimate of drug-likeness (QED) is 0.350. The summed E-state index contributed by atoms with van der Waals surface area (Å²) in [6, 6.07) is 0. The van der Waals surface area contributed by atoms with Gasteiger partial charge in [0.15, 0.2) is 0 Å². The van der Waals surface area contributed by atoms with Gasteiger partial charge in [-0.2, -0.15) is 0 Å². The summed E-state index contributed by atoms with van der Waals surface area (Å²) in [5.74, 6) is 5.80. The first-order chi connectivity index (χ1) is 10.3. The van der Waals surface area contributed by atoms with Gasteiger partial charge in [0.2, 0.25) is 0 Å². The Bertz CT molecular complexity index is 380. The molecule has 0 heterocycles. The maximum absolute atomic E-state index is 5.50. The molecular formula is C18H32O3Si. The van der Waals surface area contributed by atoms with Gasteiger partial charge in [-0.05, 0) is 5.04 Å². The summed E-state index contributed by atoms with van der Waals surface area (Å²) in [6.45, 7) is 15.1. The van der Waals surface area contributed by atoms with Crippen molar-refractivity contribution in [2.45, 2.75) is 51.7 Å². The van der Waals surface area contributed by atoms with Gasteiger partial charge in [0.25, 0.3) is 0 Å². The molecule has 0 atom stereocenters. The van der Waals surface area contributed by atoms with E-state index in [4.69, 9.17) is 20.6 Å². The third-order valence-corrected chi connectivity index (χ3v) is 8.33. The van der Waals surface area contributed by atoms with Crippen LogP contribution in [0.5, 0.6) is 0 Å². The van der Waals surface area contributed by atoms with Gasteiger partial charge in [-0.3, -0.25) is 0 Å². The molecular weight excluding hydrogens is 292 g/mol. The predicted molar refractivity (Wildman–Crippen MR) is 95.5 cm³/mol. The molecule has 0 amide bonds. The van der Waals surface area contributed by atoms with Crippen molar-refractivity contribution in [3.05, 3.63) is 0 Å². The lowest BCUT2D eigenvalue weighted by molar-refractivity contribution is 0.0166. The van der Waals surface area contributed by atoms with Crippen molar-refractivity contribution in [1.82, 2.24) is 0 Å². The first-order valence-electron chi connectivity index (χ1n) is 7.98. The number of hydrogen-bond donors (Lipinski definition) is 0. The lowest BCUT2D eigenvalue weighted by atomic mass is 10.2. The lowest BCUT2D eigenvalue weighted by Gasteiger charge is -2.31. The number of ether oxygens (including phenoxy) is 3. The maximum Gasteiger partial charge on any atom is 0.137 e. The molecule has 0 aliphatic rings. The van der Waals surface area contributed by atoms with Crippen molar-refractivity contribution in [2.75, 3.05) is 39.6 Å². The van der Waals surface area contributed by atoms with Crippen LogP contribution in [-0.2, 0) is 14.2 Å². The monoisotopic (exact) mass is 324 g/mol. The van der Waals surface area contributed by atoms with Crippen molar-refractivity contribution in [3.63, 3.8) is 0 Å². The summed E-state index contributed by atoms with van der Waals surface area (Å²) < 4.78 is 16.2. The van der Waals surface area contributed by atoms with Crippen molar-refractivity contribution in [3.8, 4) is 23.8 Å². The molecule has 0 aliphatic carbocycles. The number of rotatable bonds is 10. The smallest absolute Gasteiger partial charge is 0.137 e. The summed E-state index contributed by atoms with van der Waals surface area (Å²) in [4.78, 5) is 0. The van der Waals surface area contributed by atoms with Crippen molar-refractivity contribution >= 4 is 8.07 Å². The Hall–Kier alpha value is -0.783. The predicted octanol–water partition coefficient (Wildman–Crippen LogP) is 3.50. The summed E-state index contributed by atoms with van der Waals surface area (Å²) in [5, 5.41) is 0.316. The van der Waals surface area contributed by atoms with Gasteiger partial charge in [0.1, 0.15) is 8.07 Å². The second-order valence-corrected chi connectivity index (χ2v) is 11.7. The zero-order chi connectivity index (χ0) is 16.9. The lowest BCUT2D eigenvalue weighted by Crippen LogP contribution is -2.35. The fourth-order valence-electron chi connectivity index (χ4n) is 1.27. The molecule has 3 nitrogen and oxygen atoms in total. The van der Waals surface area contributed by atoms with E-state index in [1.54, 1.807) is 0 Å². The Morgan fingerprint density at radius 3 is 1.73 bits per heavy atom. The molecule has 0 spiro atoms. The van der Waals surface area contributed by atoms with E-state index in [2.05, 4.69) is 51.2 Å². The van der Waals surface area contributed by atoms with Gasteiger partial charge >= 0.3 is 0 Å². The third kappa shape index (κ3) is 10.9. The van der Waals surface area contributed by atoms with Gasteiger partial charge in [-0.1, -0.05) is 33.9 Å². The topological polar surface area (TPSA) is 27.7 Å². The van der Waals surface area contributed by atoms with Crippen molar-refractivity contribution in [2.24, 2.45) is 0 Å². The maximum atomic E-state index is 5.50. The highest BCUT2D eigenvalue weighted by molar-refractivity contribution is 6.87. The summed E-state index contributed by atoms with van der Waals surface area (Å²) >= 11 is 0. The molecule has 0 bridgehead atoms. The summed E-state index contributed by atoms with van der Waals surface area (Å²) in [6.07, 6.45) is 6.56. The average molecular weight is 325 g/mol. The highest BCUT2D eigenvalue weighted by atomic mass is 28.3. The van der Waals surface area contributed by atoms with Crippen LogP contribution in [0.25, 0.3) is 0 Å². The van der Waals surface area contributed by atoms with Crippen LogP contribution in [0.4, 0.5) is 0 Å². The Labute approximate surface area is 138 Å². The van der Waals surface area contributed by atoms with Gasteiger partial charge in [0, 0.05) is 12.8 Å². The second-order valence-electron chi connectivity index (χ2n) is 6.72. The molecule has 0 aromatic rings. The minimum atomic E-state index is -1.47. The second kappa shape index (κ2) is 11.7. The van der Waals surface area contributed by atoms with E-state index in [0.717, 1.165) is 6.42 Å². The molecule has 0 fully saturated rings. The molecule has 0 unspecified atom stereocenters. The SMILES string of the molecule is C#CCCOCCOCCOCCC#C[Si](C)(C)C(C)(C)C. The molecule has 0 radical (unpaired) electrons. The van der Waals surface area contributed by atoms with Crippen LogP contribution in [0.1, 0.15) is 33.6 Å². The molecule has 126 valence electrons. The van der Waals surface area contributed by atoms with Crippen LogP contribution in [0.3, 0.4) is 0 Å². The molecule has 0 saturated carbocycles. The highest BCUT2D eigenvalue weighted by Crippen LogP contribution is 2.35. The van der Waals surface area contributed by atoms with Crippen LogP contribution < -0.4 is 0 Å². The number of hydrogen-bond acceptors (Lipinski definition) is 3. The first-order valence-corrected chi connectivity index (χ1v) is 11.0. The Kier molecular flexibility index (Phi) is 11.3. The molecule has 0 aromatic carbocycles. The number of terminal acetylenes is 1. The van der Waals surface area contributed by atoms with Crippen molar-refractivity contribution in [1.29, 1.82) is 0 Å². The summed E-state index contributed by atoms with van der Waals surface area (Å²) in [5.41, 5.74) is 3.48. The standard InChI is InChI=1S/C18H32O3Si/c1-7-8-11-19-13-15-21-16-14-20-12-9-10-17-22(5,6)18(2,3)4/h1H,8-9,11-16H2,2-6H3. The van der Waals surface area contributed by atoms with E-state index in [-0.39, 0.29) is 0 Å². The van der Waals surface area contributed by atoms with Gasteiger partial charge in [-0.15, -0.1) is 23.8 Å². The molecule has 0 saturated heterocycles. The molecule has 0 aliphatic heterocycles. The van der Waals surface area contributed by atoms with E-state index >= 15 is 0 Å². The van der Waals surface area contributed by atoms with Crippen molar-refractivity contribution < 1.29 is 14.2 Å². The van der Waals surface area contributed by atoms with E-state index in [1.807, 2.05) is 0 Å². The van der Waals surface area contributed by atoms with E-state index < -0.39 is 8.07 Å². The first kappa shape index (κ1) is 21.2. The third-order valence-electron chi connectivity index (χ3n) is 3.78. The van der Waals surface area contributed by atoms with Crippen LogP contribution in [0.2, 0.25) is 18.1 Å². The minimum Gasteiger partial charge on any atom is -0.378 e. The Morgan fingerprint density at radius 1 is 0.818 bits per heavy atom. The van der Waals surface area contributed by atoms with Crippen LogP contribution in [0, 0.1) is 23.8 Å². The van der Waals surface area contributed by atoms with Crippen LogP contribution >= 0.6 is 0 Å². The van der Waals surface area contributed by atoms with Crippen LogP contribution in [0.15, 0.2) is 0 Å². The molecule has 0 N–H and O–H groups in total. The average Bonchev–Trinajstić information content (AvgIpc) is 2.42. The molecule has 0 rings (SSSR count). The highest BCUT2D eigenvalue weighted by Gasteiger charge is 2.33. The normalized spacial score (nSPS) is 11.6. The summed E-state index contributed by atoms with van der Waals surface area (Å²) in [7, 11) is -1.47. The van der Waals surface area contributed by atoms with E-state index in [0.29, 0.717) is 51.1 Å². The van der Waals surface area contributed by atoms with Crippen LogP contribution in [-0.4, -0.2) is 47.7 Å². The fraction of sp³-hybridized carbons (Fsp3) is 0.778. The largest absolute Gasteiger partial charge is 0.378 e. The van der Waals surface area contributed by atoms with E-state index in [9.17, 15) is 0 Å². The van der Waals surface area contributed by atoms with Gasteiger partial charge in [0.05, 0.1) is 39.6 Å². The minimum absolute atomic E-state index is 0.316.